The van der Waals surface area contributed by atoms with E-state index in [0.29, 0.717) is 11.3 Å². The van der Waals surface area contributed by atoms with Gasteiger partial charge in [-0.05, 0) is 38.5 Å². The Balaban J connectivity index is 1.91. The number of aromatic nitrogens is 2. The summed E-state index contributed by atoms with van der Waals surface area (Å²) >= 11 is 0. The molecular weight excluding hydrogens is 294 g/mol. The first kappa shape index (κ1) is 17.0. The van der Waals surface area contributed by atoms with Gasteiger partial charge in [0, 0.05) is 18.9 Å². The van der Waals surface area contributed by atoms with E-state index in [2.05, 4.69) is 10.3 Å². The molecule has 1 aromatic heterocycles. The van der Waals surface area contributed by atoms with Gasteiger partial charge in [-0.2, -0.15) is 0 Å². The molecule has 0 aliphatic heterocycles. The second-order valence-electron chi connectivity index (χ2n) is 5.69. The fourth-order valence-corrected chi connectivity index (χ4v) is 2.16. The van der Waals surface area contributed by atoms with E-state index in [1.807, 2.05) is 32.0 Å². The molecule has 0 saturated heterocycles. The van der Waals surface area contributed by atoms with Gasteiger partial charge in [-0.1, -0.05) is 12.1 Å². The molecule has 23 heavy (non-hydrogen) atoms. The van der Waals surface area contributed by atoms with Crippen LogP contribution in [-0.4, -0.2) is 33.2 Å². The zero-order chi connectivity index (χ0) is 16.8. The van der Waals surface area contributed by atoms with Crippen LogP contribution in [0.15, 0.2) is 43.0 Å². The van der Waals surface area contributed by atoms with Gasteiger partial charge >= 0.3 is 0 Å². The van der Waals surface area contributed by atoms with Crippen LogP contribution in [0, 0.1) is 0 Å². The van der Waals surface area contributed by atoms with Gasteiger partial charge in [0.05, 0.1) is 18.5 Å². The number of carbonyl (C=O) groups is 1. The van der Waals surface area contributed by atoms with Crippen LogP contribution in [-0.2, 0) is 4.79 Å². The van der Waals surface area contributed by atoms with Gasteiger partial charge in [-0.15, -0.1) is 0 Å². The monoisotopic (exact) mass is 317 g/mol. The van der Waals surface area contributed by atoms with Crippen molar-refractivity contribution in [1.29, 1.82) is 0 Å². The van der Waals surface area contributed by atoms with Gasteiger partial charge < -0.3 is 19.7 Å². The van der Waals surface area contributed by atoms with Crippen molar-refractivity contribution in [3.05, 3.63) is 48.5 Å². The first-order valence-corrected chi connectivity index (χ1v) is 7.67. The lowest BCUT2D eigenvalue weighted by Crippen LogP contribution is -2.33. The Morgan fingerprint density at radius 1 is 1.39 bits per heavy atom. The summed E-state index contributed by atoms with van der Waals surface area (Å²) in [5, 5.41) is 13.0. The van der Waals surface area contributed by atoms with E-state index in [1.54, 1.807) is 36.3 Å². The van der Waals surface area contributed by atoms with E-state index < -0.39 is 6.10 Å². The molecule has 2 N–H and O–H groups in total. The molecule has 1 amide bonds. The summed E-state index contributed by atoms with van der Waals surface area (Å²) in [6, 6.07) is 6.89. The molecule has 0 aliphatic rings. The van der Waals surface area contributed by atoms with Crippen molar-refractivity contribution in [3.8, 4) is 5.75 Å². The Morgan fingerprint density at radius 3 is 2.83 bits per heavy atom. The summed E-state index contributed by atoms with van der Waals surface area (Å²) in [5.74, 6) is 0.534. The Bertz CT molecular complexity index is 626. The molecule has 6 nitrogen and oxygen atoms in total. The van der Waals surface area contributed by atoms with Crippen LogP contribution in [0.4, 0.5) is 0 Å². The number of ether oxygens (including phenoxy) is 1. The number of hydrogen-bond donors (Lipinski definition) is 2. The smallest absolute Gasteiger partial charge is 0.242 e. The van der Waals surface area contributed by atoms with Crippen molar-refractivity contribution in [2.24, 2.45) is 0 Å². The molecule has 0 aliphatic carbocycles. The molecule has 1 aromatic carbocycles. The minimum atomic E-state index is -0.787. The number of imidazole rings is 1. The van der Waals surface area contributed by atoms with E-state index in [0.717, 1.165) is 0 Å². The second-order valence-corrected chi connectivity index (χ2v) is 5.69. The van der Waals surface area contributed by atoms with E-state index in [4.69, 9.17) is 4.74 Å². The first-order valence-electron chi connectivity index (χ1n) is 7.67. The third kappa shape index (κ3) is 4.82. The van der Waals surface area contributed by atoms with Crippen molar-refractivity contribution < 1.29 is 14.6 Å². The zero-order valence-corrected chi connectivity index (χ0v) is 13.6. The number of benzene rings is 1. The van der Waals surface area contributed by atoms with Gasteiger partial charge in [-0.25, -0.2) is 4.98 Å². The number of carbonyl (C=O) groups excluding carboxylic acids is 1. The van der Waals surface area contributed by atoms with E-state index in [1.165, 1.54) is 0 Å². The van der Waals surface area contributed by atoms with Crippen LogP contribution < -0.4 is 10.1 Å². The van der Waals surface area contributed by atoms with Crippen LogP contribution in [0.25, 0.3) is 0 Å². The van der Waals surface area contributed by atoms with Gasteiger partial charge in [0.15, 0.2) is 0 Å². The fourth-order valence-electron chi connectivity index (χ4n) is 2.16. The number of aliphatic hydroxyl groups is 1. The molecule has 0 bridgehead atoms. The number of amides is 1. The second kappa shape index (κ2) is 7.78. The number of nitrogens with one attached hydrogen (secondary N) is 1. The van der Waals surface area contributed by atoms with Crippen LogP contribution in [0.5, 0.6) is 5.75 Å². The van der Waals surface area contributed by atoms with Gasteiger partial charge in [0.1, 0.15) is 11.8 Å². The number of aliphatic hydroxyl groups excluding tert-OH is 1. The van der Waals surface area contributed by atoms with Gasteiger partial charge in [-0.3, -0.25) is 4.79 Å². The van der Waals surface area contributed by atoms with Gasteiger partial charge in [0.2, 0.25) is 5.91 Å². The normalized spacial score (nSPS) is 13.6. The maximum absolute atomic E-state index is 12.1. The predicted molar refractivity (Wildman–Crippen MR) is 87.1 cm³/mol. The molecule has 2 rings (SSSR count). The standard InChI is InChI=1S/C17H23N3O3/c1-12(2)23-15-6-4-5-14(9-15)16(21)10-19-17(22)13(3)20-8-7-18-11-20/h4-9,11-13,16,21H,10H2,1-3H3,(H,19,22)/t13-,16+/m1/s1. The minimum Gasteiger partial charge on any atom is -0.491 e. The third-order valence-electron chi connectivity index (χ3n) is 3.44. The predicted octanol–water partition coefficient (Wildman–Crippen LogP) is 2.08. The molecule has 0 spiro atoms. The van der Waals surface area contributed by atoms with Crippen molar-refractivity contribution in [2.45, 2.75) is 39.0 Å². The van der Waals surface area contributed by atoms with Crippen molar-refractivity contribution in [1.82, 2.24) is 14.9 Å². The summed E-state index contributed by atoms with van der Waals surface area (Å²) in [6.07, 6.45) is 4.22. The maximum atomic E-state index is 12.1. The van der Waals surface area contributed by atoms with Crippen molar-refractivity contribution >= 4 is 5.91 Å². The maximum Gasteiger partial charge on any atom is 0.242 e. The highest BCUT2D eigenvalue weighted by molar-refractivity contribution is 5.79. The molecular formula is C17H23N3O3. The molecule has 6 heteroatoms. The number of rotatable bonds is 7. The summed E-state index contributed by atoms with van der Waals surface area (Å²) in [6.45, 7) is 5.81. The number of hydrogen-bond acceptors (Lipinski definition) is 4. The van der Waals surface area contributed by atoms with E-state index in [-0.39, 0.29) is 24.6 Å². The summed E-state index contributed by atoms with van der Waals surface area (Å²) < 4.78 is 7.32. The van der Waals surface area contributed by atoms with Crippen LogP contribution >= 0.6 is 0 Å². The Labute approximate surface area is 136 Å². The summed E-state index contributed by atoms with van der Waals surface area (Å²) in [7, 11) is 0. The summed E-state index contributed by atoms with van der Waals surface area (Å²) in [5.41, 5.74) is 0.707. The number of nitrogens with zero attached hydrogens (tertiary/aromatic N) is 2. The topological polar surface area (TPSA) is 76.4 Å². The highest BCUT2D eigenvalue weighted by Gasteiger charge is 2.16. The minimum absolute atomic E-state index is 0.0677. The molecule has 124 valence electrons. The molecule has 0 saturated carbocycles. The summed E-state index contributed by atoms with van der Waals surface area (Å²) in [4.78, 5) is 16.0. The lowest BCUT2D eigenvalue weighted by molar-refractivity contribution is -0.124. The third-order valence-corrected chi connectivity index (χ3v) is 3.44. The van der Waals surface area contributed by atoms with E-state index in [9.17, 15) is 9.90 Å². The fraction of sp³-hybridized carbons (Fsp3) is 0.412. The highest BCUT2D eigenvalue weighted by Crippen LogP contribution is 2.20. The molecule has 2 aromatic rings. The molecule has 2 atom stereocenters. The van der Waals surface area contributed by atoms with Crippen molar-refractivity contribution in [2.75, 3.05) is 6.54 Å². The van der Waals surface area contributed by atoms with Gasteiger partial charge in [0.25, 0.3) is 0 Å². The SMILES string of the molecule is CC(C)Oc1cccc([C@@H](O)CNC(=O)[C@@H](C)n2ccnc2)c1. The lowest BCUT2D eigenvalue weighted by Gasteiger charge is -2.17. The quantitative estimate of drug-likeness (QED) is 0.820. The average Bonchev–Trinajstić information content (AvgIpc) is 3.05. The Kier molecular flexibility index (Phi) is 5.76. The van der Waals surface area contributed by atoms with Crippen molar-refractivity contribution in [3.63, 3.8) is 0 Å². The molecule has 0 radical (unpaired) electrons. The largest absolute Gasteiger partial charge is 0.491 e. The van der Waals surface area contributed by atoms with Crippen LogP contribution in [0.3, 0.4) is 0 Å². The van der Waals surface area contributed by atoms with E-state index >= 15 is 0 Å². The Hall–Kier alpha value is -2.34. The highest BCUT2D eigenvalue weighted by atomic mass is 16.5. The lowest BCUT2D eigenvalue weighted by atomic mass is 10.1. The molecule has 1 heterocycles. The van der Waals surface area contributed by atoms with Crippen LogP contribution in [0.2, 0.25) is 0 Å². The average molecular weight is 317 g/mol. The zero-order valence-electron chi connectivity index (χ0n) is 13.6. The van der Waals surface area contributed by atoms with Crippen LogP contribution in [0.1, 0.15) is 38.5 Å². The molecule has 0 unspecified atom stereocenters. The Morgan fingerprint density at radius 2 is 2.17 bits per heavy atom. The first-order chi connectivity index (χ1) is 11.0. The molecule has 0 fully saturated rings.